The van der Waals surface area contributed by atoms with Gasteiger partial charge in [0.25, 0.3) is 5.56 Å². The lowest BCUT2D eigenvalue weighted by Gasteiger charge is -2.25. The van der Waals surface area contributed by atoms with E-state index < -0.39 is 0 Å². The van der Waals surface area contributed by atoms with Gasteiger partial charge in [0.2, 0.25) is 0 Å². The van der Waals surface area contributed by atoms with Crippen molar-refractivity contribution in [1.29, 1.82) is 0 Å². The van der Waals surface area contributed by atoms with Crippen molar-refractivity contribution in [3.05, 3.63) is 39.4 Å². The first-order valence-electron chi connectivity index (χ1n) is 9.04. The van der Waals surface area contributed by atoms with Crippen LogP contribution < -0.4 is 21.5 Å². The lowest BCUT2D eigenvalue weighted by Crippen LogP contribution is -2.30. The third-order valence-electron chi connectivity index (χ3n) is 5.63. The van der Waals surface area contributed by atoms with Gasteiger partial charge in [0, 0.05) is 43.2 Å². The van der Waals surface area contributed by atoms with Crippen molar-refractivity contribution < 1.29 is 4.39 Å². The minimum Gasteiger partial charge on any atom is -0.367 e. The highest BCUT2D eigenvalue weighted by Gasteiger charge is 2.30. The van der Waals surface area contributed by atoms with Crippen molar-refractivity contribution >= 4 is 16.6 Å². The molecule has 1 aromatic carbocycles. The van der Waals surface area contributed by atoms with E-state index in [1.807, 2.05) is 18.5 Å². The molecule has 1 atom stereocenters. The number of benzene rings is 1. The fraction of sp³-hybridized carbons (Fsp3) is 0.526. The Labute approximate surface area is 146 Å². The Morgan fingerprint density at radius 3 is 2.68 bits per heavy atom. The molecule has 2 heterocycles. The molecule has 6 heteroatoms. The van der Waals surface area contributed by atoms with Crippen LogP contribution in [0, 0.1) is 12.7 Å². The number of likely N-dealkylation sites (N-methyl/N-ethyl adjacent to an activating group) is 1. The number of anilines is 1. The summed E-state index contributed by atoms with van der Waals surface area (Å²) in [6.07, 6.45) is 3.01. The van der Waals surface area contributed by atoms with Gasteiger partial charge in [0.05, 0.1) is 11.2 Å². The number of nitrogens with one attached hydrogen (secondary N) is 1. The minimum absolute atomic E-state index is 0.0226. The zero-order valence-corrected chi connectivity index (χ0v) is 14.8. The Morgan fingerprint density at radius 1 is 1.32 bits per heavy atom. The van der Waals surface area contributed by atoms with E-state index in [0.717, 1.165) is 54.4 Å². The second kappa shape index (κ2) is 6.11. The van der Waals surface area contributed by atoms with Gasteiger partial charge in [-0.2, -0.15) is 0 Å². The molecule has 25 heavy (non-hydrogen) atoms. The molecule has 2 fully saturated rings. The van der Waals surface area contributed by atoms with Crippen LogP contribution in [0.5, 0.6) is 0 Å². The Balaban J connectivity index is 1.97. The maximum absolute atomic E-state index is 15.0. The number of nitrogens with zero attached hydrogens (tertiary/aromatic N) is 2. The zero-order chi connectivity index (χ0) is 17.7. The van der Waals surface area contributed by atoms with Gasteiger partial charge in [-0.3, -0.25) is 4.79 Å². The van der Waals surface area contributed by atoms with Gasteiger partial charge in [0.15, 0.2) is 0 Å². The number of aromatic nitrogens is 1. The van der Waals surface area contributed by atoms with E-state index in [1.54, 1.807) is 12.1 Å². The van der Waals surface area contributed by atoms with Crippen LogP contribution in [0.2, 0.25) is 0 Å². The van der Waals surface area contributed by atoms with Crippen molar-refractivity contribution in [1.82, 2.24) is 9.88 Å². The van der Waals surface area contributed by atoms with Crippen LogP contribution in [0.1, 0.15) is 36.4 Å². The Morgan fingerprint density at radius 2 is 2.08 bits per heavy atom. The Bertz CT molecular complexity index is 887. The fourth-order valence-corrected chi connectivity index (χ4v) is 4.17. The van der Waals surface area contributed by atoms with E-state index in [-0.39, 0.29) is 24.0 Å². The SMILES string of the molecule is CN[C@H]1CCN(c2c(F)cc3c(CN)cc(=O)n(C4CC4)c3c2C)C1. The molecule has 0 bridgehead atoms. The lowest BCUT2D eigenvalue weighted by molar-refractivity contribution is 0.608. The zero-order valence-electron chi connectivity index (χ0n) is 14.8. The van der Waals surface area contributed by atoms with Crippen LogP contribution in [-0.4, -0.2) is 30.7 Å². The number of pyridine rings is 1. The standard InChI is InChI=1S/C19H25FN4O/c1-11-18-15(12(9-21)7-17(25)24(18)14-3-4-14)8-16(20)19(11)23-6-5-13(10-23)22-2/h7-8,13-14,22H,3-6,9-10,21H2,1-2H3/t13-/m0/s1. The van der Waals surface area contributed by atoms with Crippen molar-refractivity contribution in [2.45, 2.75) is 44.8 Å². The van der Waals surface area contributed by atoms with Gasteiger partial charge in [-0.15, -0.1) is 0 Å². The van der Waals surface area contributed by atoms with Crippen LogP contribution in [-0.2, 0) is 6.54 Å². The Kier molecular flexibility index (Phi) is 4.04. The second-order valence-corrected chi connectivity index (χ2v) is 7.26. The molecule has 0 unspecified atom stereocenters. The first kappa shape index (κ1) is 16.5. The maximum atomic E-state index is 15.0. The summed E-state index contributed by atoms with van der Waals surface area (Å²) in [5.41, 5.74) is 8.88. The molecule has 0 amide bonds. The van der Waals surface area contributed by atoms with E-state index >= 15 is 4.39 Å². The van der Waals surface area contributed by atoms with Gasteiger partial charge in [-0.25, -0.2) is 4.39 Å². The summed E-state index contributed by atoms with van der Waals surface area (Å²) in [5.74, 6) is -0.225. The summed E-state index contributed by atoms with van der Waals surface area (Å²) in [7, 11) is 1.94. The molecule has 134 valence electrons. The van der Waals surface area contributed by atoms with Crippen molar-refractivity contribution in [2.24, 2.45) is 5.73 Å². The van der Waals surface area contributed by atoms with Crippen LogP contribution in [0.15, 0.2) is 16.9 Å². The molecule has 0 spiro atoms. The highest BCUT2D eigenvalue weighted by atomic mass is 19.1. The third kappa shape index (κ3) is 2.64. The van der Waals surface area contributed by atoms with Crippen LogP contribution in [0.25, 0.3) is 10.9 Å². The summed E-state index contributed by atoms with van der Waals surface area (Å²) in [6.45, 7) is 3.77. The molecular weight excluding hydrogens is 319 g/mol. The topological polar surface area (TPSA) is 63.3 Å². The molecule has 2 aliphatic rings. The largest absolute Gasteiger partial charge is 0.367 e. The van der Waals surface area contributed by atoms with Crippen LogP contribution >= 0.6 is 0 Å². The average molecular weight is 344 g/mol. The quantitative estimate of drug-likeness (QED) is 0.891. The van der Waals surface area contributed by atoms with E-state index in [1.165, 1.54) is 0 Å². The minimum atomic E-state index is -0.225. The van der Waals surface area contributed by atoms with E-state index in [0.29, 0.717) is 11.7 Å². The molecule has 5 nitrogen and oxygen atoms in total. The van der Waals surface area contributed by atoms with E-state index in [2.05, 4.69) is 10.2 Å². The molecule has 1 saturated heterocycles. The molecule has 2 aromatic rings. The highest BCUT2D eigenvalue weighted by Crippen LogP contribution is 2.40. The number of fused-ring (bicyclic) bond motifs is 1. The predicted molar refractivity (Wildman–Crippen MR) is 98.7 cm³/mol. The van der Waals surface area contributed by atoms with Gasteiger partial charge in [-0.05, 0) is 50.4 Å². The average Bonchev–Trinajstić information content (AvgIpc) is 3.32. The van der Waals surface area contributed by atoms with Crippen molar-refractivity contribution in [3.63, 3.8) is 0 Å². The maximum Gasteiger partial charge on any atom is 0.251 e. The molecule has 1 aliphatic heterocycles. The molecular formula is C19H25FN4O. The smallest absolute Gasteiger partial charge is 0.251 e. The predicted octanol–water partition coefficient (Wildman–Crippen LogP) is 2.04. The molecule has 1 aromatic heterocycles. The van der Waals surface area contributed by atoms with Gasteiger partial charge < -0.3 is 20.5 Å². The third-order valence-corrected chi connectivity index (χ3v) is 5.63. The van der Waals surface area contributed by atoms with Crippen molar-refractivity contribution in [3.8, 4) is 0 Å². The summed E-state index contributed by atoms with van der Waals surface area (Å²) >= 11 is 0. The number of rotatable bonds is 4. The Hall–Kier alpha value is -1.92. The molecule has 3 N–H and O–H groups in total. The van der Waals surface area contributed by atoms with E-state index in [4.69, 9.17) is 5.73 Å². The second-order valence-electron chi connectivity index (χ2n) is 7.26. The molecule has 0 radical (unpaired) electrons. The number of aryl methyl sites for hydroxylation is 1. The molecule has 1 aliphatic carbocycles. The fourth-order valence-electron chi connectivity index (χ4n) is 4.17. The number of hydrogen-bond acceptors (Lipinski definition) is 4. The highest BCUT2D eigenvalue weighted by molar-refractivity contribution is 5.90. The summed E-state index contributed by atoms with van der Waals surface area (Å²) in [5, 5.41) is 4.05. The number of halogens is 1. The first-order valence-corrected chi connectivity index (χ1v) is 9.04. The summed E-state index contributed by atoms with van der Waals surface area (Å²) in [6, 6.07) is 3.76. The van der Waals surface area contributed by atoms with Gasteiger partial charge in [0.1, 0.15) is 5.82 Å². The molecule has 1 saturated carbocycles. The van der Waals surface area contributed by atoms with Crippen molar-refractivity contribution in [2.75, 3.05) is 25.0 Å². The molecule has 4 rings (SSSR count). The summed E-state index contributed by atoms with van der Waals surface area (Å²) < 4.78 is 16.9. The van der Waals surface area contributed by atoms with Gasteiger partial charge >= 0.3 is 0 Å². The first-order chi connectivity index (χ1) is 12.0. The van der Waals surface area contributed by atoms with Gasteiger partial charge in [-0.1, -0.05) is 0 Å². The monoisotopic (exact) mass is 344 g/mol. The normalized spacial score (nSPS) is 20.6. The van der Waals surface area contributed by atoms with Crippen LogP contribution in [0.3, 0.4) is 0 Å². The number of nitrogens with two attached hydrogens (primary N) is 1. The summed E-state index contributed by atoms with van der Waals surface area (Å²) in [4.78, 5) is 14.8. The van der Waals surface area contributed by atoms with Crippen LogP contribution in [0.4, 0.5) is 10.1 Å². The van der Waals surface area contributed by atoms with E-state index in [9.17, 15) is 4.79 Å². The lowest BCUT2D eigenvalue weighted by atomic mass is 10.0. The number of hydrogen-bond donors (Lipinski definition) is 2.